The first-order chi connectivity index (χ1) is 14.5. The summed E-state index contributed by atoms with van der Waals surface area (Å²) < 4.78 is 2.22. The van der Waals surface area contributed by atoms with Crippen LogP contribution in [0.25, 0.3) is 0 Å². The van der Waals surface area contributed by atoms with E-state index in [1.807, 2.05) is 12.1 Å². The van der Waals surface area contributed by atoms with Crippen LogP contribution in [0.15, 0.2) is 29.4 Å². The fourth-order valence-electron chi connectivity index (χ4n) is 6.58. The Morgan fingerprint density at radius 2 is 1.77 bits per heavy atom. The van der Waals surface area contributed by atoms with Crippen LogP contribution in [0.1, 0.15) is 51.3 Å². The van der Waals surface area contributed by atoms with Crippen molar-refractivity contribution in [3.05, 3.63) is 35.1 Å². The molecule has 0 saturated heterocycles. The molecule has 1 N–H and O–H groups in total. The third-order valence-corrected chi connectivity index (χ3v) is 8.49. The van der Waals surface area contributed by atoms with E-state index in [2.05, 4.69) is 27.0 Å². The second kappa shape index (κ2) is 8.19. The molecule has 7 heteroatoms. The molecule has 4 saturated carbocycles. The Morgan fingerprint density at radius 3 is 2.37 bits per heavy atom. The van der Waals surface area contributed by atoms with E-state index in [1.165, 1.54) is 50.3 Å². The first-order valence-corrected chi connectivity index (χ1v) is 12.5. The maximum absolute atomic E-state index is 12.4. The molecule has 0 aliphatic heterocycles. The zero-order valence-electron chi connectivity index (χ0n) is 17.4. The van der Waals surface area contributed by atoms with Crippen molar-refractivity contribution < 1.29 is 4.79 Å². The van der Waals surface area contributed by atoms with Crippen LogP contribution in [0.5, 0.6) is 0 Å². The first kappa shape index (κ1) is 20.4. The highest BCUT2D eigenvalue weighted by atomic mass is 35.5. The number of thioether (sulfide) groups is 1. The van der Waals surface area contributed by atoms with Gasteiger partial charge in [-0.05, 0) is 92.9 Å². The molecule has 2 aromatic rings. The van der Waals surface area contributed by atoms with Crippen molar-refractivity contribution >= 4 is 35.0 Å². The van der Waals surface area contributed by atoms with Gasteiger partial charge in [-0.15, -0.1) is 10.2 Å². The normalized spacial score (nSPS) is 29.3. The fourth-order valence-corrected chi connectivity index (χ4v) is 7.52. The molecule has 0 unspecified atom stereocenters. The Morgan fingerprint density at radius 1 is 1.13 bits per heavy atom. The van der Waals surface area contributed by atoms with E-state index in [1.54, 1.807) is 12.1 Å². The van der Waals surface area contributed by atoms with Crippen LogP contribution in [0.3, 0.4) is 0 Å². The lowest BCUT2D eigenvalue weighted by Crippen LogP contribution is -2.47. The maximum Gasteiger partial charge on any atom is 0.234 e. The molecule has 4 aliphatic carbocycles. The zero-order valence-corrected chi connectivity index (χ0v) is 19.0. The van der Waals surface area contributed by atoms with Gasteiger partial charge in [0.05, 0.1) is 5.75 Å². The quantitative estimate of drug-likeness (QED) is 0.577. The van der Waals surface area contributed by atoms with Crippen LogP contribution in [-0.4, -0.2) is 26.4 Å². The SMILES string of the molecule is CCn1c(CC23CC4CC(CC(C4)C2)C3)nnc1SCC(=O)Nc1ccc(Cl)cc1. The van der Waals surface area contributed by atoms with E-state index in [9.17, 15) is 4.79 Å². The molecule has 1 aromatic carbocycles. The summed E-state index contributed by atoms with van der Waals surface area (Å²) in [4.78, 5) is 12.4. The van der Waals surface area contributed by atoms with Crippen molar-refractivity contribution in [3.8, 4) is 0 Å². The van der Waals surface area contributed by atoms with Gasteiger partial charge in [-0.1, -0.05) is 23.4 Å². The van der Waals surface area contributed by atoms with Gasteiger partial charge in [-0.25, -0.2) is 0 Å². The lowest BCUT2D eigenvalue weighted by atomic mass is 9.49. The van der Waals surface area contributed by atoms with E-state index >= 15 is 0 Å². The minimum Gasteiger partial charge on any atom is -0.325 e. The number of halogens is 1. The van der Waals surface area contributed by atoms with E-state index in [-0.39, 0.29) is 5.91 Å². The predicted octanol–water partition coefficient (Wildman–Crippen LogP) is 5.44. The molecule has 0 spiro atoms. The summed E-state index contributed by atoms with van der Waals surface area (Å²) in [6.07, 6.45) is 9.57. The van der Waals surface area contributed by atoms with Gasteiger partial charge < -0.3 is 9.88 Å². The minimum absolute atomic E-state index is 0.0457. The molecule has 160 valence electrons. The topological polar surface area (TPSA) is 59.8 Å². The highest BCUT2D eigenvalue weighted by molar-refractivity contribution is 7.99. The van der Waals surface area contributed by atoms with Gasteiger partial charge in [0.15, 0.2) is 5.16 Å². The summed E-state index contributed by atoms with van der Waals surface area (Å²) >= 11 is 7.37. The predicted molar refractivity (Wildman–Crippen MR) is 121 cm³/mol. The van der Waals surface area contributed by atoms with Crippen molar-refractivity contribution in [1.82, 2.24) is 14.8 Å². The van der Waals surface area contributed by atoms with Gasteiger partial charge in [0.2, 0.25) is 5.91 Å². The van der Waals surface area contributed by atoms with Crippen molar-refractivity contribution in [3.63, 3.8) is 0 Å². The zero-order chi connectivity index (χ0) is 20.7. The van der Waals surface area contributed by atoms with Crippen molar-refractivity contribution in [1.29, 1.82) is 0 Å². The lowest BCUT2D eigenvalue weighted by molar-refractivity contribution is -0.113. The Bertz CT molecular complexity index is 891. The average molecular weight is 445 g/mol. The van der Waals surface area contributed by atoms with Crippen molar-refractivity contribution in [2.24, 2.45) is 23.2 Å². The van der Waals surface area contributed by atoms with Crippen LogP contribution < -0.4 is 5.32 Å². The summed E-state index contributed by atoms with van der Waals surface area (Å²) in [6.45, 7) is 2.99. The summed E-state index contributed by atoms with van der Waals surface area (Å²) in [7, 11) is 0. The number of benzene rings is 1. The standard InChI is InChI=1S/C23H29ClN4OS/c1-2-28-20(13-23-10-15-7-16(11-23)9-17(8-15)12-23)26-27-22(28)30-14-21(29)25-19-5-3-18(24)4-6-19/h3-6,15-17H,2,7-14H2,1H3,(H,25,29). The van der Waals surface area contributed by atoms with Gasteiger partial charge in [-0.2, -0.15) is 0 Å². The molecule has 0 atom stereocenters. The van der Waals surface area contributed by atoms with Gasteiger partial charge in [0.25, 0.3) is 0 Å². The molecule has 0 radical (unpaired) electrons. The van der Waals surface area contributed by atoms with Crippen molar-refractivity contribution in [2.45, 2.75) is 63.6 Å². The molecule has 6 rings (SSSR count). The lowest BCUT2D eigenvalue weighted by Gasteiger charge is -2.56. The van der Waals surface area contributed by atoms with Crippen LogP contribution in [0.4, 0.5) is 5.69 Å². The van der Waals surface area contributed by atoms with E-state index in [4.69, 9.17) is 11.6 Å². The second-order valence-electron chi connectivity index (χ2n) is 9.58. The monoisotopic (exact) mass is 444 g/mol. The third kappa shape index (κ3) is 4.13. The number of hydrogen-bond donors (Lipinski definition) is 1. The molecule has 4 aliphatic rings. The number of hydrogen-bond acceptors (Lipinski definition) is 4. The molecule has 1 amide bonds. The third-order valence-electron chi connectivity index (χ3n) is 7.27. The first-order valence-electron chi connectivity index (χ1n) is 11.1. The van der Waals surface area contributed by atoms with Crippen LogP contribution in [0.2, 0.25) is 5.02 Å². The van der Waals surface area contributed by atoms with Gasteiger partial charge in [-0.3, -0.25) is 4.79 Å². The van der Waals surface area contributed by atoms with Gasteiger partial charge in [0, 0.05) is 23.7 Å². The second-order valence-corrected chi connectivity index (χ2v) is 11.0. The number of rotatable bonds is 7. The highest BCUT2D eigenvalue weighted by Crippen LogP contribution is 2.61. The van der Waals surface area contributed by atoms with Crippen molar-refractivity contribution in [2.75, 3.05) is 11.1 Å². The number of carbonyl (C=O) groups is 1. The van der Waals surface area contributed by atoms with E-state index in [0.717, 1.165) is 47.4 Å². The molecular formula is C23H29ClN4OS. The van der Waals surface area contributed by atoms with Gasteiger partial charge in [0.1, 0.15) is 5.82 Å². The highest BCUT2D eigenvalue weighted by Gasteiger charge is 2.51. The molecule has 1 aromatic heterocycles. The number of amides is 1. The molecule has 4 bridgehead atoms. The van der Waals surface area contributed by atoms with E-state index in [0.29, 0.717) is 16.2 Å². The number of anilines is 1. The smallest absolute Gasteiger partial charge is 0.234 e. The molecule has 4 fully saturated rings. The summed E-state index contributed by atoms with van der Waals surface area (Å²) in [5.74, 6) is 4.22. The Labute approximate surface area is 187 Å². The van der Waals surface area contributed by atoms with Crippen LogP contribution in [-0.2, 0) is 17.8 Å². The minimum atomic E-state index is -0.0457. The Balaban J connectivity index is 1.23. The maximum atomic E-state index is 12.4. The molecule has 30 heavy (non-hydrogen) atoms. The number of aromatic nitrogens is 3. The molecule has 1 heterocycles. The number of nitrogens with one attached hydrogen (secondary N) is 1. The average Bonchev–Trinajstić information content (AvgIpc) is 3.08. The van der Waals surface area contributed by atoms with Crippen LogP contribution in [0, 0.1) is 23.2 Å². The largest absolute Gasteiger partial charge is 0.325 e. The van der Waals surface area contributed by atoms with Gasteiger partial charge >= 0.3 is 0 Å². The number of carbonyl (C=O) groups excluding carboxylic acids is 1. The Hall–Kier alpha value is -1.53. The summed E-state index contributed by atoms with van der Waals surface area (Å²) in [5, 5.41) is 13.5. The fraction of sp³-hybridized carbons (Fsp3) is 0.609. The number of nitrogens with zero attached hydrogens (tertiary/aromatic N) is 3. The Kier molecular flexibility index (Phi) is 5.56. The van der Waals surface area contributed by atoms with E-state index < -0.39 is 0 Å². The summed E-state index contributed by atoms with van der Waals surface area (Å²) in [5.41, 5.74) is 1.20. The van der Waals surface area contributed by atoms with Crippen LogP contribution >= 0.6 is 23.4 Å². The molecular weight excluding hydrogens is 416 g/mol. The molecule has 5 nitrogen and oxygen atoms in total. The summed E-state index contributed by atoms with van der Waals surface area (Å²) in [6, 6.07) is 7.16.